The Bertz CT molecular complexity index is 1490. The van der Waals surface area contributed by atoms with E-state index >= 15 is 0 Å². The molecule has 3 aromatic carbocycles. The van der Waals surface area contributed by atoms with E-state index in [4.69, 9.17) is 0 Å². The first kappa shape index (κ1) is 31.7. The summed E-state index contributed by atoms with van der Waals surface area (Å²) in [4.78, 5) is 42.3. The fraction of sp³-hybridized carbons (Fsp3) is 0.382. The van der Waals surface area contributed by atoms with Crippen molar-refractivity contribution in [2.24, 2.45) is 5.41 Å². The van der Waals surface area contributed by atoms with E-state index < -0.39 is 46.9 Å². The van der Waals surface area contributed by atoms with Crippen LogP contribution in [0.4, 0.5) is 0 Å². The van der Waals surface area contributed by atoms with Gasteiger partial charge in [-0.25, -0.2) is 0 Å². The van der Waals surface area contributed by atoms with Gasteiger partial charge in [-0.15, -0.1) is 0 Å². The van der Waals surface area contributed by atoms with Gasteiger partial charge in [0.1, 0.15) is 11.8 Å². The molecule has 2 unspecified atom stereocenters. The number of aryl methyl sites for hydroxylation is 1. The average molecular weight is 588 g/mol. The molecule has 0 aliphatic carbocycles. The number of β-amino-alcohol motifs (C(OH)–C–C–N with tert-alkyl or cyclic N) is 1. The number of phenolic OH excluding ortho intramolecular Hbond substituents is 1. The summed E-state index contributed by atoms with van der Waals surface area (Å²) in [7, 11) is 0. The van der Waals surface area contributed by atoms with Gasteiger partial charge in [-0.3, -0.25) is 14.4 Å². The molecular weight excluding hydrogens is 546 g/mol. The van der Waals surface area contributed by atoms with E-state index in [0.29, 0.717) is 5.56 Å². The number of aliphatic hydroxyl groups excluding tert-OH is 1. The lowest BCUT2D eigenvalue weighted by Crippen LogP contribution is -2.57. The van der Waals surface area contributed by atoms with Gasteiger partial charge in [0.2, 0.25) is 5.91 Å². The Labute approximate surface area is 252 Å². The molecule has 0 aromatic heterocycles. The Morgan fingerprint density at radius 1 is 0.953 bits per heavy atom. The predicted octanol–water partition coefficient (Wildman–Crippen LogP) is 3.02. The molecule has 3 aromatic rings. The number of aromatic hydroxyl groups is 1. The van der Waals surface area contributed by atoms with Gasteiger partial charge in [0.05, 0.1) is 18.2 Å². The third-order valence-electron chi connectivity index (χ3n) is 8.91. The summed E-state index contributed by atoms with van der Waals surface area (Å²) in [5.41, 5.74) is 0.764. The third-order valence-corrected chi connectivity index (χ3v) is 8.91. The molecule has 9 nitrogen and oxygen atoms in total. The van der Waals surface area contributed by atoms with Crippen LogP contribution in [0.3, 0.4) is 0 Å². The molecule has 1 fully saturated rings. The van der Waals surface area contributed by atoms with Crippen LogP contribution in [0.2, 0.25) is 0 Å². The number of nitrogens with zero attached hydrogens (tertiary/aromatic N) is 1. The van der Waals surface area contributed by atoms with Crippen LogP contribution in [-0.4, -0.2) is 68.3 Å². The Kier molecular flexibility index (Phi) is 9.27. The number of carbonyl (C=O) groups is 3. The molecule has 0 saturated carbocycles. The average Bonchev–Trinajstić information content (AvgIpc) is 3.16. The number of likely N-dealkylation sites (tertiary alicyclic amines) is 1. The highest BCUT2D eigenvalue weighted by Gasteiger charge is 2.60. The largest absolute Gasteiger partial charge is 0.508 e. The lowest BCUT2D eigenvalue weighted by atomic mass is 9.74. The Morgan fingerprint density at radius 3 is 2.28 bits per heavy atom. The quantitative estimate of drug-likeness (QED) is 0.261. The van der Waals surface area contributed by atoms with E-state index in [1.165, 1.54) is 11.0 Å². The molecule has 0 spiro atoms. The van der Waals surface area contributed by atoms with Gasteiger partial charge in [0.15, 0.2) is 6.10 Å². The standard InChI is InChI=1S/C34H41N3O6/c1-21-12-9-10-15-24(21)19-35-31(41)29-33(3,4)34(5,43)20-37(29)32(42)28(39)26(18-23-13-7-6-8-14-23)36-30(40)25-16-11-17-27(38)22(25)2/h6-17,26,28-29,38-39,43H,18-20H2,1-5H3,(H,35,41)(H,36,40)/t26-,28-,29?,34?/m0/s1. The second-order valence-electron chi connectivity index (χ2n) is 12.2. The minimum Gasteiger partial charge on any atom is -0.508 e. The van der Waals surface area contributed by atoms with Crippen molar-refractivity contribution in [3.8, 4) is 5.75 Å². The maximum absolute atomic E-state index is 14.0. The molecule has 5 N–H and O–H groups in total. The van der Waals surface area contributed by atoms with Crippen molar-refractivity contribution in [1.82, 2.24) is 15.5 Å². The zero-order chi connectivity index (χ0) is 31.5. The summed E-state index contributed by atoms with van der Waals surface area (Å²) in [6.07, 6.45) is -1.62. The molecule has 1 aliphatic rings. The van der Waals surface area contributed by atoms with Crippen LogP contribution in [-0.2, 0) is 22.6 Å². The van der Waals surface area contributed by atoms with Gasteiger partial charge in [-0.2, -0.15) is 0 Å². The number of hydrogen-bond acceptors (Lipinski definition) is 6. The third kappa shape index (κ3) is 6.58. The molecule has 1 aliphatic heterocycles. The van der Waals surface area contributed by atoms with E-state index in [9.17, 15) is 29.7 Å². The lowest BCUT2D eigenvalue weighted by Gasteiger charge is -2.36. The first-order chi connectivity index (χ1) is 20.2. The smallest absolute Gasteiger partial charge is 0.254 e. The molecule has 9 heteroatoms. The van der Waals surface area contributed by atoms with E-state index in [0.717, 1.165) is 16.7 Å². The highest BCUT2D eigenvalue weighted by Crippen LogP contribution is 2.44. The zero-order valence-electron chi connectivity index (χ0n) is 25.3. The van der Waals surface area contributed by atoms with Crippen molar-refractivity contribution in [1.29, 1.82) is 0 Å². The van der Waals surface area contributed by atoms with E-state index in [2.05, 4.69) is 10.6 Å². The number of phenols is 1. The SMILES string of the molecule is Cc1ccccc1CNC(=O)C1N(C(=O)[C@@H](O)[C@H](Cc2ccccc2)NC(=O)c2cccc(O)c2C)CC(C)(O)C1(C)C. The molecule has 0 radical (unpaired) electrons. The van der Waals surface area contributed by atoms with Gasteiger partial charge in [0.25, 0.3) is 11.8 Å². The number of nitrogens with one attached hydrogen (secondary N) is 2. The zero-order valence-corrected chi connectivity index (χ0v) is 25.3. The molecule has 1 heterocycles. The molecule has 4 rings (SSSR count). The summed E-state index contributed by atoms with van der Waals surface area (Å²) in [6, 6.07) is 19.1. The number of amides is 3. The van der Waals surface area contributed by atoms with Crippen LogP contribution in [0.5, 0.6) is 5.75 Å². The first-order valence-corrected chi connectivity index (χ1v) is 14.4. The molecule has 4 atom stereocenters. The van der Waals surface area contributed by atoms with E-state index in [1.807, 2.05) is 61.5 Å². The fourth-order valence-electron chi connectivity index (χ4n) is 5.64. The van der Waals surface area contributed by atoms with E-state index in [-0.39, 0.29) is 30.8 Å². The minimum absolute atomic E-state index is 0.0510. The van der Waals surface area contributed by atoms with Crippen molar-refractivity contribution in [2.45, 2.75) is 71.4 Å². The molecule has 43 heavy (non-hydrogen) atoms. The van der Waals surface area contributed by atoms with Crippen LogP contribution in [0, 0.1) is 19.3 Å². The Balaban J connectivity index is 1.62. The summed E-state index contributed by atoms with van der Waals surface area (Å²) in [5, 5.41) is 38.7. The van der Waals surface area contributed by atoms with Crippen LogP contribution in [0.25, 0.3) is 0 Å². The summed E-state index contributed by atoms with van der Waals surface area (Å²) in [6.45, 7) is 8.61. The van der Waals surface area contributed by atoms with E-state index in [1.54, 1.807) is 39.8 Å². The Hall–Kier alpha value is -4.21. The first-order valence-electron chi connectivity index (χ1n) is 14.4. The van der Waals surface area contributed by atoms with Crippen LogP contribution in [0.15, 0.2) is 72.8 Å². The van der Waals surface area contributed by atoms with Crippen molar-refractivity contribution in [2.75, 3.05) is 6.54 Å². The van der Waals surface area contributed by atoms with Crippen molar-refractivity contribution in [3.63, 3.8) is 0 Å². The van der Waals surface area contributed by atoms with Crippen LogP contribution >= 0.6 is 0 Å². The van der Waals surface area contributed by atoms with Crippen LogP contribution < -0.4 is 10.6 Å². The van der Waals surface area contributed by atoms with Crippen molar-refractivity contribution in [3.05, 3.63) is 101 Å². The maximum Gasteiger partial charge on any atom is 0.254 e. The lowest BCUT2D eigenvalue weighted by molar-refractivity contribution is -0.148. The Morgan fingerprint density at radius 2 is 1.60 bits per heavy atom. The topological polar surface area (TPSA) is 139 Å². The second-order valence-corrected chi connectivity index (χ2v) is 12.2. The number of hydrogen-bond donors (Lipinski definition) is 5. The number of rotatable bonds is 9. The summed E-state index contributed by atoms with van der Waals surface area (Å²) >= 11 is 0. The fourth-order valence-corrected chi connectivity index (χ4v) is 5.64. The van der Waals surface area contributed by atoms with Crippen molar-refractivity contribution < 1.29 is 29.7 Å². The maximum atomic E-state index is 14.0. The number of benzene rings is 3. The van der Waals surface area contributed by atoms with Gasteiger partial charge < -0.3 is 30.9 Å². The monoisotopic (exact) mass is 587 g/mol. The second kappa shape index (κ2) is 12.6. The molecule has 3 amide bonds. The molecule has 0 bridgehead atoms. The van der Waals surface area contributed by atoms with Crippen molar-refractivity contribution >= 4 is 17.7 Å². The van der Waals surface area contributed by atoms with Gasteiger partial charge in [-0.05, 0) is 56.0 Å². The summed E-state index contributed by atoms with van der Waals surface area (Å²) < 4.78 is 0. The minimum atomic E-state index is -1.74. The van der Waals surface area contributed by atoms with Gasteiger partial charge in [0, 0.05) is 23.1 Å². The van der Waals surface area contributed by atoms with Crippen LogP contribution in [0.1, 0.15) is 53.4 Å². The molecular formula is C34H41N3O6. The van der Waals surface area contributed by atoms with Gasteiger partial charge in [-0.1, -0.05) is 74.5 Å². The number of aliphatic hydroxyl groups is 2. The number of carbonyl (C=O) groups excluding carboxylic acids is 3. The normalized spacial score (nSPS) is 20.7. The predicted molar refractivity (Wildman–Crippen MR) is 163 cm³/mol. The molecule has 1 saturated heterocycles. The highest BCUT2D eigenvalue weighted by molar-refractivity contribution is 5.97. The highest BCUT2D eigenvalue weighted by atomic mass is 16.3. The summed E-state index contributed by atoms with van der Waals surface area (Å²) in [5.74, 6) is -1.85. The molecule has 228 valence electrons. The van der Waals surface area contributed by atoms with Gasteiger partial charge >= 0.3 is 0 Å².